The van der Waals surface area contributed by atoms with E-state index in [0.717, 1.165) is 33.4 Å². The molecule has 0 heterocycles. The Kier molecular flexibility index (Phi) is 12.6. The van der Waals surface area contributed by atoms with Crippen molar-refractivity contribution < 1.29 is 38.2 Å². The van der Waals surface area contributed by atoms with Gasteiger partial charge in [-0.3, -0.25) is 24.1 Å². The Morgan fingerprint density at radius 1 is 0.812 bits per heavy atom. The summed E-state index contributed by atoms with van der Waals surface area (Å²) in [5.41, 5.74) is 5.99. The van der Waals surface area contributed by atoms with Crippen molar-refractivity contribution in [2.75, 3.05) is 27.0 Å². The van der Waals surface area contributed by atoms with Crippen LogP contribution < -0.4 is 5.32 Å². The lowest BCUT2D eigenvalue weighted by molar-refractivity contribution is -0.148. The van der Waals surface area contributed by atoms with Crippen LogP contribution in [0.1, 0.15) is 62.3 Å². The molecule has 4 rings (SSSR count). The number of rotatable bonds is 16. The van der Waals surface area contributed by atoms with Gasteiger partial charge in [-0.25, -0.2) is 4.79 Å². The van der Waals surface area contributed by atoms with Crippen LogP contribution in [-0.2, 0) is 46.4 Å². The molecule has 10 nitrogen and oxygen atoms in total. The predicted molar refractivity (Wildman–Crippen MR) is 180 cm³/mol. The molecular formula is C38H44N2O8. The summed E-state index contributed by atoms with van der Waals surface area (Å²) in [7, 11) is 1.50. The fourth-order valence-electron chi connectivity index (χ4n) is 5.63. The van der Waals surface area contributed by atoms with Gasteiger partial charge in [0.15, 0.2) is 11.6 Å². The van der Waals surface area contributed by atoms with Crippen molar-refractivity contribution in [3.05, 3.63) is 95.1 Å². The van der Waals surface area contributed by atoms with Gasteiger partial charge in [0.25, 0.3) is 0 Å². The van der Waals surface area contributed by atoms with Gasteiger partial charge in [-0.05, 0) is 53.1 Å². The molecule has 1 aliphatic rings. The van der Waals surface area contributed by atoms with Gasteiger partial charge in [-0.2, -0.15) is 0 Å². The van der Waals surface area contributed by atoms with Crippen LogP contribution >= 0.6 is 0 Å². The summed E-state index contributed by atoms with van der Waals surface area (Å²) < 4.78 is 16.1. The Morgan fingerprint density at radius 2 is 1.40 bits per heavy atom. The Bertz CT molecular complexity index is 1570. The number of carbonyl (C=O) groups is 5. The molecule has 0 spiro atoms. The fourth-order valence-corrected chi connectivity index (χ4v) is 5.63. The Balaban J connectivity index is 1.23. The second-order valence-electron chi connectivity index (χ2n) is 12.6. The SMILES string of the molecule is CC(=O)COCN(C)C(=O)OCc1ccc(CC(=O)[C@H](C)NC(=O)[C@@H](CC(=O)OCC2c3ccccc3-c3ccccc32)C(C)C)cc1. The lowest BCUT2D eigenvalue weighted by atomic mass is 9.91. The first-order valence-corrected chi connectivity index (χ1v) is 16.1. The molecule has 0 saturated heterocycles. The molecule has 0 radical (unpaired) electrons. The first kappa shape index (κ1) is 36.0. The van der Waals surface area contributed by atoms with Crippen molar-refractivity contribution in [2.45, 2.75) is 59.1 Å². The maximum absolute atomic E-state index is 13.2. The third-order valence-electron chi connectivity index (χ3n) is 8.41. The van der Waals surface area contributed by atoms with Gasteiger partial charge in [0.05, 0.1) is 18.4 Å². The van der Waals surface area contributed by atoms with Crippen molar-refractivity contribution in [3.8, 4) is 11.1 Å². The second-order valence-corrected chi connectivity index (χ2v) is 12.6. The van der Waals surface area contributed by atoms with Crippen LogP contribution in [0.3, 0.4) is 0 Å². The van der Waals surface area contributed by atoms with Gasteiger partial charge >= 0.3 is 12.1 Å². The molecular weight excluding hydrogens is 612 g/mol. The van der Waals surface area contributed by atoms with E-state index in [-0.39, 0.29) is 68.7 Å². The smallest absolute Gasteiger partial charge is 0.411 e. The second kappa shape index (κ2) is 16.8. The minimum absolute atomic E-state index is 0.0246. The maximum atomic E-state index is 13.2. The molecule has 10 heteroatoms. The van der Waals surface area contributed by atoms with Gasteiger partial charge in [0.2, 0.25) is 5.91 Å². The number of benzene rings is 3. The number of fused-ring (bicyclic) bond motifs is 3. The molecule has 0 aliphatic heterocycles. The molecule has 254 valence electrons. The van der Waals surface area contributed by atoms with Crippen molar-refractivity contribution in [1.29, 1.82) is 0 Å². The lowest BCUT2D eigenvalue weighted by Crippen LogP contribution is -2.44. The normalized spacial score (nSPS) is 13.2. The molecule has 1 N–H and O–H groups in total. The third kappa shape index (κ3) is 9.60. The number of hydrogen-bond donors (Lipinski definition) is 1. The summed E-state index contributed by atoms with van der Waals surface area (Å²) in [5.74, 6) is -2.02. The highest BCUT2D eigenvalue weighted by atomic mass is 16.6. The van der Waals surface area contributed by atoms with E-state index < -0.39 is 24.0 Å². The molecule has 3 aromatic rings. The van der Waals surface area contributed by atoms with E-state index in [1.165, 1.54) is 18.9 Å². The average Bonchev–Trinajstić information content (AvgIpc) is 3.38. The van der Waals surface area contributed by atoms with Crippen LogP contribution in [-0.4, -0.2) is 67.5 Å². The summed E-state index contributed by atoms with van der Waals surface area (Å²) in [6, 6.07) is 22.5. The van der Waals surface area contributed by atoms with Crippen LogP contribution in [0, 0.1) is 11.8 Å². The number of nitrogens with one attached hydrogen (secondary N) is 1. The van der Waals surface area contributed by atoms with Crippen LogP contribution in [0.25, 0.3) is 11.1 Å². The van der Waals surface area contributed by atoms with Crippen molar-refractivity contribution in [1.82, 2.24) is 10.2 Å². The van der Waals surface area contributed by atoms with Crippen molar-refractivity contribution in [2.24, 2.45) is 11.8 Å². The topological polar surface area (TPSA) is 128 Å². The summed E-state index contributed by atoms with van der Waals surface area (Å²) >= 11 is 0. The molecule has 0 fully saturated rings. The first-order chi connectivity index (χ1) is 22.9. The van der Waals surface area contributed by atoms with Crippen LogP contribution in [0.4, 0.5) is 4.79 Å². The average molecular weight is 657 g/mol. The van der Waals surface area contributed by atoms with Crippen molar-refractivity contribution >= 4 is 29.5 Å². The molecule has 0 unspecified atom stereocenters. The lowest BCUT2D eigenvalue weighted by Gasteiger charge is -2.22. The van der Waals surface area contributed by atoms with E-state index in [1.807, 2.05) is 38.1 Å². The maximum Gasteiger partial charge on any atom is 0.411 e. The number of ether oxygens (including phenoxy) is 3. The number of carbonyl (C=O) groups excluding carboxylic acids is 5. The fraction of sp³-hybridized carbons (Fsp3) is 0.395. The summed E-state index contributed by atoms with van der Waals surface area (Å²) in [5, 5.41) is 2.80. The minimum atomic E-state index is -0.761. The molecule has 0 saturated carbocycles. The Labute approximate surface area is 281 Å². The monoisotopic (exact) mass is 656 g/mol. The van der Waals surface area contributed by atoms with Crippen LogP contribution in [0.5, 0.6) is 0 Å². The number of ketones is 2. The highest BCUT2D eigenvalue weighted by Gasteiger charge is 2.31. The van der Waals surface area contributed by atoms with Crippen LogP contribution in [0.2, 0.25) is 0 Å². The van der Waals surface area contributed by atoms with E-state index >= 15 is 0 Å². The molecule has 2 atom stereocenters. The standard InChI is InChI=1S/C38H44N2O8/c1-24(2)33(19-36(43)47-22-34-31-12-8-6-10-29(31)30-11-7-9-13-32(30)34)37(44)39-26(4)35(42)18-27-14-16-28(17-15-27)21-48-38(45)40(5)23-46-20-25(3)41/h6-17,24,26,33-34H,18-23H2,1-5H3,(H,39,44)/t26-,33-/m0/s1. The number of esters is 1. The molecule has 48 heavy (non-hydrogen) atoms. The minimum Gasteiger partial charge on any atom is -0.465 e. The molecule has 0 bridgehead atoms. The van der Waals surface area contributed by atoms with E-state index in [4.69, 9.17) is 14.2 Å². The van der Waals surface area contributed by atoms with Gasteiger partial charge in [0, 0.05) is 19.4 Å². The number of hydrogen-bond acceptors (Lipinski definition) is 8. The molecule has 0 aromatic heterocycles. The third-order valence-corrected chi connectivity index (χ3v) is 8.41. The van der Waals surface area contributed by atoms with E-state index in [9.17, 15) is 24.0 Å². The Morgan fingerprint density at radius 3 is 1.98 bits per heavy atom. The zero-order chi connectivity index (χ0) is 34.8. The van der Waals surface area contributed by atoms with Gasteiger partial charge in [-0.15, -0.1) is 0 Å². The molecule has 1 aliphatic carbocycles. The number of nitrogens with zero attached hydrogens (tertiary/aromatic N) is 1. The molecule has 3 aromatic carbocycles. The number of amides is 2. The summed E-state index contributed by atoms with van der Waals surface area (Å²) in [6.07, 6.45) is -0.592. The zero-order valence-corrected chi connectivity index (χ0v) is 28.2. The van der Waals surface area contributed by atoms with Gasteiger partial charge < -0.3 is 19.5 Å². The molecule has 2 amide bonds. The van der Waals surface area contributed by atoms with E-state index in [2.05, 4.69) is 29.6 Å². The quantitative estimate of drug-likeness (QED) is 0.159. The zero-order valence-electron chi connectivity index (χ0n) is 28.2. The van der Waals surface area contributed by atoms with Crippen molar-refractivity contribution in [3.63, 3.8) is 0 Å². The summed E-state index contributed by atoms with van der Waals surface area (Å²) in [4.78, 5) is 63.5. The predicted octanol–water partition coefficient (Wildman–Crippen LogP) is 5.45. The first-order valence-electron chi connectivity index (χ1n) is 16.1. The van der Waals surface area contributed by atoms with Crippen LogP contribution in [0.15, 0.2) is 72.8 Å². The highest BCUT2D eigenvalue weighted by molar-refractivity contribution is 5.92. The van der Waals surface area contributed by atoms with E-state index in [0.29, 0.717) is 0 Å². The summed E-state index contributed by atoms with van der Waals surface area (Å²) in [6.45, 7) is 6.82. The largest absolute Gasteiger partial charge is 0.465 e. The van der Waals surface area contributed by atoms with Gasteiger partial charge in [0.1, 0.15) is 26.6 Å². The van der Waals surface area contributed by atoms with E-state index in [1.54, 1.807) is 31.2 Å². The number of Topliss-reactive ketones (excluding diaryl/α,β-unsaturated/α-hetero) is 2. The van der Waals surface area contributed by atoms with Gasteiger partial charge in [-0.1, -0.05) is 86.6 Å². The highest BCUT2D eigenvalue weighted by Crippen LogP contribution is 2.44. The Hall–Kier alpha value is -4.83.